The number of nitrogens with two attached hydrogens (primary N) is 1. The van der Waals surface area contributed by atoms with Crippen molar-refractivity contribution in [3.63, 3.8) is 0 Å². The lowest BCUT2D eigenvalue weighted by atomic mass is 10.0. The number of nitrogens with zero attached hydrogens (tertiary/aromatic N) is 3. The number of aryl methyl sites for hydroxylation is 2. The molecule has 2 aromatic carbocycles. The molecule has 6 nitrogen and oxygen atoms in total. The zero-order valence-electron chi connectivity index (χ0n) is 16.1. The number of benzene rings is 2. The smallest absolute Gasteiger partial charge is 0.231 e. The number of hydrogen-bond acceptors (Lipinski definition) is 5. The van der Waals surface area contributed by atoms with Crippen LogP contribution in [0.4, 0.5) is 10.2 Å². The minimum Gasteiger partial charge on any atom is -0.454 e. The molecule has 3 heterocycles. The second-order valence-electron chi connectivity index (χ2n) is 7.13. The van der Waals surface area contributed by atoms with Crippen LogP contribution in [0.2, 0.25) is 0 Å². The Morgan fingerprint density at radius 1 is 1.03 bits per heavy atom. The Balaban J connectivity index is 1.63. The van der Waals surface area contributed by atoms with Crippen molar-refractivity contribution in [3.8, 4) is 22.6 Å². The third-order valence-corrected chi connectivity index (χ3v) is 5.24. The summed E-state index contributed by atoms with van der Waals surface area (Å²) in [6.45, 7) is 4.09. The second kappa shape index (κ2) is 6.48. The van der Waals surface area contributed by atoms with Gasteiger partial charge >= 0.3 is 0 Å². The highest BCUT2D eigenvalue weighted by Gasteiger charge is 2.21. The number of fused-ring (bicyclic) bond motifs is 2. The van der Waals surface area contributed by atoms with E-state index < -0.39 is 0 Å². The molecule has 0 atom stereocenters. The summed E-state index contributed by atoms with van der Waals surface area (Å²) >= 11 is 0. The van der Waals surface area contributed by atoms with Gasteiger partial charge in [0.15, 0.2) is 17.1 Å². The van der Waals surface area contributed by atoms with E-state index in [1.807, 2.05) is 32.0 Å². The highest BCUT2D eigenvalue weighted by molar-refractivity contribution is 5.82. The van der Waals surface area contributed by atoms with E-state index in [4.69, 9.17) is 20.2 Å². The first-order chi connectivity index (χ1) is 14.0. The van der Waals surface area contributed by atoms with Gasteiger partial charge in [-0.2, -0.15) is 9.61 Å². The number of anilines is 1. The van der Waals surface area contributed by atoms with Gasteiger partial charge in [-0.25, -0.2) is 9.37 Å². The number of ether oxygens (including phenoxy) is 2. The van der Waals surface area contributed by atoms with Crippen molar-refractivity contribution in [2.45, 2.75) is 20.3 Å². The molecule has 1 aliphatic heterocycles. The van der Waals surface area contributed by atoms with Crippen LogP contribution in [0.1, 0.15) is 22.5 Å². The van der Waals surface area contributed by atoms with E-state index in [1.165, 1.54) is 12.1 Å². The Bertz CT molecular complexity index is 1250. The van der Waals surface area contributed by atoms with Crippen molar-refractivity contribution < 1.29 is 13.9 Å². The van der Waals surface area contributed by atoms with E-state index in [0.717, 1.165) is 39.4 Å². The molecule has 2 aromatic heterocycles. The average Bonchev–Trinajstić information content (AvgIpc) is 3.30. The predicted octanol–water partition coefficient (Wildman–Crippen LogP) is 4.05. The minimum absolute atomic E-state index is 0.226. The van der Waals surface area contributed by atoms with Crippen LogP contribution in [-0.4, -0.2) is 21.4 Å². The molecule has 0 saturated heterocycles. The number of aromatic nitrogens is 3. The van der Waals surface area contributed by atoms with Gasteiger partial charge in [0, 0.05) is 23.2 Å². The maximum atomic E-state index is 13.2. The van der Waals surface area contributed by atoms with Crippen LogP contribution < -0.4 is 15.2 Å². The molecule has 29 heavy (non-hydrogen) atoms. The fourth-order valence-corrected chi connectivity index (χ4v) is 3.74. The van der Waals surface area contributed by atoms with E-state index in [0.29, 0.717) is 23.6 Å². The van der Waals surface area contributed by atoms with Crippen molar-refractivity contribution in [3.05, 3.63) is 70.8 Å². The van der Waals surface area contributed by atoms with E-state index in [-0.39, 0.29) is 12.6 Å². The molecular weight excluding hydrogens is 371 g/mol. The first-order valence-electron chi connectivity index (χ1n) is 9.30. The van der Waals surface area contributed by atoms with Crippen LogP contribution in [0.3, 0.4) is 0 Å². The van der Waals surface area contributed by atoms with Gasteiger partial charge in [-0.15, -0.1) is 0 Å². The lowest BCUT2D eigenvalue weighted by Crippen LogP contribution is -2.09. The Kier molecular flexibility index (Phi) is 3.91. The molecule has 2 N–H and O–H groups in total. The molecule has 0 aliphatic carbocycles. The second-order valence-corrected chi connectivity index (χ2v) is 7.13. The van der Waals surface area contributed by atoms with Crippen LogP contribution in [0, 0.1) is 19.7 Å². The first kappa shape index (κ1) is 17.5. The normalized spacial score (nSPS) is 12.7. The fourth-order valence-electron chi connectivity index (χ4n) is 3.74. The highest BCUT2D eigenvalue weighted by Crippen LogP contribution is 2.38. The number of nitrogen functional groups attached to an aromatic ring is 1. The van der Waals surface area contributed by atoms with Crippen molar-refractivity contribution in [1.82, 2.24) is 14.6 Å². The number of hydrogen-bond donors (Lipinski definition) is 1. The number of halogens is 1. The van der Waals surface area contributed by atoms with E-state index >= 15 is 0 Å². The minimum atomic E-state index is -0.261. The summed E-state index contributed by atoms with van der Waals surface area (Å²) in [5.41, 5.74) is 12.5. The third-order valence-electron chi connectivity index (χ3n) is 5.24. The summed E-state index contributed by atoms with van der Waals surface area (Å²) in [7, 11) is 0. The molecule has 0 bridgehead atoms. The van der Waals surface area contributed by atoms with E-state index in [9.17, 15) is 4.39 Å². The zero-order chi connectivity index (χ0) is 20.1. The third kappa shape index (κ3) is 2.86. The summed E-state index contributed by atoms with van der Waals surface area (Å²) in [5.74, 6) is 1.71. The first-order valence-corrected chi connectivity index (χ1v) is 9.30. The Hall–Kier alpha value is -3.61. The van der Waals surface area contributed by atoms with Crippen LogP contribution in [0.5, 0.6) is 11.5 Å². The monoisotopic (exact) mass is 390 g/mol. The lowest BCUT2D eigenvalue weighted by molar-refractivity contribution is 0.174. The SMILES string of the molecule is Cc1nc2c(-c3ccc4c(c3)OCO4)c(C)nn2c(N)c1Cc1ccc(F)cc1. The maximum absolute atomic E-state index is 13.2. The fraction of sp³-hybridized carbons (Fsp3) is 0.182. The van der Waals surface area contributed by atoms with Crippen molar-refractivity contribution >= 4 is 11.5 Å². The summed E-state index contributed by atoms with van der Waals surface area (Å²) in [6, 6.07) is 12.2. The molecule has 146 valence electrons. The van der Waals surface area contributed by atoms with Gasteiger partial charge < -0.3 is 15.2 Å². The predicted molar refractivity (Wildman–Crippen MR) is 108 cm³/mol. The molecule has 0 fully saturated rings. The summed E-state index contributed by atoms with van der Waals surface area (Å²) in [5, 5.41) is 4.64. The Morgan fingerprint density at radius 2 is 1.79 bits per heavy atom. The molecule has 0 spiro atoms. The zero-order valence-corrected chi connectivity index (χ0v) is 16.1. The van der Waals surface area contributed by atoms with Gasteiger partial charge in [0.1, 0.15) is 11.6 Å². The maximum Gasteiger partial charge on any atom is 0.231 e. The van der Waals surface area contributed by atoms with Crippen molar-refractivity contribution in [1.29, 1.82) is 0 Å². The summed E-state index contributed by atoms with van der Waals surface area (Å²) < 4.78 is 25.8. The van der Waals surface area contributed by atoms with Crippen molar-refractivity contribution in [2.75, 3.05) is 12.5 Å². The quantitative estimate of drug-likeness (QED) is 0.571. The average molecular weight is 390 g/mol. The van der Waals surface area contributed by atoms with E-state index in [1.54, 1.807) is 16.6 Å². The van der Waals surface area contributed by atoms with Gasteiger partial charge in [-0.05, 0) is 49.2 Å². The highest BCUT2D eigenvalue weighted by atomic mass is 19.1. The van der Waals surface area contributed by atoms with Crippen molar-refractivity contribution in [2.24, 2.45) is 0 Å². The van der Waals surface area contributed by atoms with Crippen LogP contribution in [0.25, 0.3) is 16.8 Å². The molecule has 5 rings (SSSR count). The summed E-state index contributed by atoms with van der Waals surface area (Å²) in [4.78, 5) is 4.82. The van der Waals surface area contributed by atoms with Crippen LogP contribution >= 0.6 is 0 Å². The Morgan fingerprint density at radius 3 is 2.59 bits per heavy atom. The molecule has 0 saturated carbocycles. The van der Waals surface area contributed by atoms with Gasteiger partial charge in [-0.3, -0.25) is 0 Å². The Labute approximate surface area is 166 Å². The number of rotatable bonds is 3. The van der Waals surface area contributed by atoms with Gasteiger partial charge in [0.05, 0.1) is 5.69 Å². The van der Waals surface area contributed by atoms with Gasteiger partial charge in [0.2, 0.25) is 6.79 Å². The largest absolute Gasteiger partial charge is 0.454 e. The molecular formula is C22H19FN4O2. The summed E-state index contributed by atoms with van der Waals surface area (Å²) in [6.07, 6.45) is 0.555. The molecule has 0 radical (unpaired) electrons. The van der Waals surface area contributed by atoms with Crippen LogP contribution in [0.15, 0.2) is 42.5 Å². The van der Waals surface area contributed by atoms with Gasteiger partial charge in [0.25, 0.3) is 0 Å². The molecule has 0 amide bonds. The molecule has 0 unspecified atom stereocenters. The molecule has 7 heteroatoms. The van der Waals surface area contributed by atoms with Crippen LogP contribution in [-0.2, 0) is 6.42 Å². The van der Waals surface area contributed by atoms with E-state index in [2.05, 4.69) is 5.10 Å². The molecule has 1 aliphatic rings. The topological polar surface area (TPSA) is 74.7 Å². The van der Waals surface area contributed by atoms with Gasteiger partial charge in [-0.1, -0.05) is 18.2 Å². The molecule has 4 aromatic rings. The standard InChI is InChI=1S/C22H19FN4O2/c1-12-17(9-14-3-6-16(23)7-4-14)21(24)27-22(25-12)20(13(2)26-27)15-5-8-18-19(10-15)29-11-28-18/h3-8,10H,9,11,24H2,1-2H3. The lowest BCUT2D eigenvalue weighted by Gasteiger charge is -2.11.